The van der Waals surface area contributed by atoms with Gasteiger partial charge in [-0.1, -0.05) is 44.7 Å². The van der Waals surface area contributed by atoms with Crippen LogP contribution in [-0.2, 0) is 16.0 Å². The Kier molecular flexibility index (Phi) is 9.30. The van der Waals surface area contributed by atoms with Crippen LogP contribution in [0.15, 0.2) is 36.4 Å². The second-order valence-corrected chi connectivity index (χ2v) is 9.73. The molecule has 3 rings (SSSR count). The lowest BCUT2D eigenvalue weighted by molar-refractivity contribution is -0.117. The van der Waals surface area contributed by atoms with Gasteiger partial charge in [-0.3, -0.25) is 4.79 Å². The van der Waals surface area contributed by atoms with Gasteiger partial charge in [0.1, 0.15) is 4.88 Å². The Balaban J connectivity index is 1.53. The van der Waals surface area contributed by atoms with Crippen molar-refractivity contribution in [2.75, 3.05) is 12.0 Å². The quantitative estimate of drug-likeness (QED) is 0.311. The van der Waals surface area contributed by atoms with Crippen LogP contribution in [0.3, 0.4) is 0 Å². The first kappa shape index (κ1) is 24.5. The number of anilines is 1. The highest BCUT2D eigenvalue weighted by atomic mass is 32.1. The third kappa shape index (κ3) is 6.42. The number of methoxy groups -OCH3 is 1. The van der Waals surface area contributed by atoms with Gasteiger partial charge in [-0.25, -0.2) is 4.79 Å². The van der Waals surface area contributed by atoms with Crippen molar-refractivity contribution in [1.29, 1.82) is 0 Å². The molecular formula is C26H35NO4S. The molecule has 0 bridgehead atoms. The molecule has 5 nitrogen and oxygen atoms in total. The molecule has 1 amide bonds. The van der Waals surface area contributed by atoms with Gasteiger partial charge in [0.25, 0.3) is 0 Å². The number of ether oxygens (including phenoxy) is 1. The molecule has 1 fully saturated rings. The standard InChI is InChI=1S/C26H35NO4S/c1-3-4-5-6-10-23(28)19-11-13-21(14-12-19)27-20(15-18-25(27)29)8-7-9-22-16-17-24(32-22)26(30)31-2/h11-14,16-17,20,23,28H,3-10,15,18H2,1-2H3/t20-,23?/m0/s1. The van der Waals surface area contributed by atoms with Crippen molar-refractivity contribution in [3.05, 3.63) is 51.7 Å². The summed E-state index contributed by atoms with van der Waals surface area (Å²) in [5.74, 6) is -0.115. The van der Waals surface area contributed by atoms with Crippen molar-refractivity contribution < 1.29 is 19.4 Å². The molecule has 174 valence electrons. The fourth-order valence-electron chi connectivity index (χ4n) is 4.39. The third-order valence-electron chi connectivity index (χ3n) is 6.22. The van der Waals surface area contributed by atoms with Crippen molar-refractivity contribution in [1.82, 2.24) is 0 Å². The molecule has 1 aliphatic rings. The molecule has 0 saturated carbocycles. The van der Waals surface area contributed by atoms with Crippen LogP contribution in [0, 0.1) is 0 Å². The molecule has 2 atom stereocenters. The van der Waals surface area contributed by atoms with E-state index < -0.39 is 6.10 Å². The molecule has 1 saturated heterocycles. The number of hydrogen-bond donors (Lipinski definition) is 1. The molecule has 2 aromatic rings. The van der Waals surface area contributed by atoms with Crippen molar-refractivity contribution >= 4 is 28.9 Å². The molecule has 0 aliphatic carbocycles. The number of benzene rings is 1. The summed E-state index contributed by atoms with van der Waals surface area (Å²) in [6.07, 6.45) is 9.18. The van der Waals surface area contributed by atoms with Crippen LogP contribution in [0.5, 0.6) is 0 Å². The minimum absolute atomic E-state index is 0.173. The van der Waals surface area contributed by atoms with Crippen LogP contribution in [-0.4, -0.2) is 30.1 Å². The highest BCUT2D eigenvalue weighted by molar-refractivity contribution is 7.13. The van der Waals surface area contributed by atoms with E-state index in [-0.39, 0.29) is 17.9 Å². The molecule has 1 unspecified atom stereocenters. The van der Waals surface area contributed by atoms with E-state index in [1.807, 2.05) is 41.3 Å². The lowest BCUT2D eigenvalue weighted by atomic mass is 10.0. The number of nitrogens with zero attached hydrogens (tertiary/aromatic N) is 1. The lowest BCUT2D eigenvalue weighted by Crippen LogP contribution is -2.32. The maximum Gasteiger partial charge on any atom is 0.348 e. The average molecular weight is 458 g/mol. The number of rotatable bonds is 12. The SMILES string of the molecule is CCCCCCC(O)c1ccc(N2C(=O)CC[C@@H]2CCCc2ccc(C(=O)OC)s2)cc1. The molecular weight excluding hydrogens is 422 g/mol. The molecule has 32 heavy (non-hydrogen) atoms. The second-order valence-electron chi connectivity index (χ2n) is 8.56. The number of aryl methyl sites for hydroxylation is 1. The summed E-state index contributed by atoms with van der Waals surface area (Å²) in [5, 5.41) is 10.4. The normalized spacial score (nSPS) is 17.0. The van der Waals surface area contributed by atoms with Gasteiger partial charge in [-0.05, 0) is 61.9 Å². The van der Waals surface area contributed by atoms with Crippen LogP contribution >= 0.6 is 11.3 Å². The summed E-state index contributed by atoms with van der Waals surface area (Å²) in [6.45, 7) is 2.19. The van der Waals surface area contributed by atoms with Crippen molar-refractivity contribution in [3.8, 4) is 0 Å². The van der Waals surface area contributed by atoms with Crippen molar-refractivity contribution in [2.24, 2.45) is 0 Å². The molecule has 1 N–H and O–H groups in total. The number of carbonyl (C=O) groups is 2. The Labute approximate surface area is 195 Å². The summed E-state index contributed by atoms with van der Waals surface area (Å²) >= 11 is 1.48. The smallest absolute Gasteiger partial charge is 0.348 e. The fourth-order valence-corrected chi connectivity index (χ4v) is 5.36. The Morgan fingerprint density at radius 2 is 1.94 bits per heavy atom. The maximum absolute atomic E-state index is 12.6. The van der Waals surface area contributed by atoms with Crippen molar-refractivity contribution in [3.63, 3.8) is 0 Å². The number of hydrogen-bond acceptors (Lipinski definition) is 5. The highest BCUT2D eigenvalue weighted by Gasteiger charge is 2.31. The monoisotopic (exact) mass is 457 g/mol. The van der Waals surface area contributed by atoms with Gasteiger partial charge in [0.05, 0.1) is 13.2 Å². The molecule has 2 heterocycles. The van der Waals surface area contributed by atoms with E-state index in [0.717, 1.165) is 56.2 Å². The topological polar surface area (TPSA) is 66.8 Å². The number of aliphatic hydroxyl groups is 1. The predicted octanol–water partition coefficient (Wildman–Crippen LogP) is 6.06. The van der Waals surface area contributed by atoms with E-state index in [9.17, 15) is 14.7 Å². The van der Waals surface area contributed by atoms with Crippen LogP contribution < -0.4 is 4.90 Å². The number of esters is 1. The zero-order chi connectivity index (χ0) is 22.9. The van der Waals surface area contributed by atoms with E-state index >= 15 is 0 Å². The van der Waals surface area contributed by atoms with E-state index in [1.54, 1.807) is 0 Å². The van der Waals surface area contributed by atoms with Gasteiger partial charge >= 0.3 is 5.97 Å². The Bertz CT molecular complexity index is 876. The zero-order valence-corrected chi connectivity index (χ0v) is 20.0. The molecule has 1 aromatic carbocycles. The summed E-state index contributed by atoms with van der Waals surface area (Å²) in [5.41, 5.74) is 1.84. The minimum atomic E-state index is -0.438. The number of unbranched alkanes of at least 4 members (excludes halogenated alkanes) is 3. The lowest BCUT2D eigenvalue weighted by Gasteiger charge is -2.25. The largest absolute Gasteiger partial charge is 0.465 e. The Morgan fingerprint density at radius 1 is 1.16 bits per heavy atom. The number of aliphatic hydroxyl groups excluding tert-OH is 1. The average Bonchev–Trinajstić information content (AvgIpc) is 3.43. The van der Waals surface area contributed by atoms with Crippen molar-refractivity contribution in [2.45, 2.75) is 83.3 Å². The number of amides is 1. The van der Waals surface area contributed by atoms with E-state index in [0.29, 0.717) is 11.3 Å². The summed E-state index contributed by atoms with van der Waals surface area (Å²) in [6, 6.07) is 11.9. The number of carbonyl (C=O) groups excluding carboxylic acids is 2. The molecule has 1 aromatic heterocycles. The Morgan fingerprint density at radius 3 is 2.66 bits per heavy atom. The first-order chi connectivity index (χ1) is 15.5. The minimum Gasteiger partial charge on any atom is -0.465 e. The summed E-state index contributed by atoms with van der Waals surface area (Å²) in [7, 11) is 1.40. The molecule has 6 heteroatoms. The van der Waals surface area contributed by atoms with Gasteiger partial charge in [0.2, 0.25) is 5.91 Å². The molecule has 0 spiro atoms. The Hall–Kier alpha value is -2.18. The van der Waals surface area contributed by atoms with E-state index in [1.165, 1.54) is 36.2 Å². The predicted molar refractivity (Wildman–Crippen MR) is 129 cm³/mol. The third-order valence-corrected chi connectivity index (χ3v) is 7.35. The highest BCUT2D eigenvalue weighted by Crippen LogP contribution is 2.31. The fraction of sp³-hybridized carbons (Fsp3) is 0.538. The van der Waals surface area contributed by atoms with E-state index in [4.69, 9.17) is 4.74 Å². The number of thiophene rings is 1. The van der Waals surface area contributed by atoms with Gasteiger partial charge in [-0.15, -0.1) is 11.3 Å². The van der Waals surface area contributed by atoms with Gasteiger partial charge in [0, 0.05) is 23.0 Å². The summed E-state index contributed by atoms with van der Waals surface area (Å²) in [4.78, 5) is 27.9. The first-order valence-electron chi connectivity index (χ1n) is 11.8. The molecule has 1 aliphatic heterocycles. The van der Waals surface area contributed by atoms with Gasteiger partial charge in [0.15, 0.2) is 0 Å². The van der Waals surface area contributed by atoms with Crippen LogP contribution in [0.25, 0.3) is 0 Å². The first-order valence-corrected chi connectivity index (χ1v) is 12.6. The zero-order valence-electron chi connectivity index (χ0n) is 19.2. The molecule has 0 radical (unpaired) electrons. The van der Waals surface area contributed by atoms with E-state index in [2.05, 4.69) is 6.92 Å². The van der Waals surface area contributed by atoms with Gasteiger partial charge in [-0.2, -0.15) is 0 Å². The van der Waals surface area contributed by atoms with Gasteiger partial charge < -0.3 is 14.7 Å². The second kappa shape index (κ2) is 12.2. The van der Waals surface area contributed by atoms with Crippen LogP contribution in [0.2, 0.25) is 0 Å². The maximum atomic E-state index is 12.6. The van der Waals surface area contributed by atoms with Crippen LogP contribution in [0.4, 0.5) is 5.69 Å². The van der Waals surface area contributed by atoms with Crippen LogP contribution in [0.1, 0.15) is 90.9 Å². The summed E-state index contributed by atoms with van der Waals surface area (Å²) < 4.78 is 4.77.